The average Bonchev–Trinajstić information content (AvgIpc) is 2.99. The van der Waals surface area contributed by atoms with Gasteiger partial charge in [0.2, 0.25) is 5.91 Å². The van der Waals surface area contributed by atoms with Crippen LogP contribution in [-0.4, -0.2) is 76.2 Å². The summed E-state index contributed by atoms with van der Waals surface area (Å²) in [6.07, 6.45) is 3.11. The van der Waals surface area contributed by atoms with Crippen molar-refractivity contribution in [3.63, 3.8) is 0 Å². The van der Waals surface area contributed by atoms with Gasteiger partial charge in [-0.05, 0) is 56.0 Å². The third-order valence-corrected chi connectivity index (χ3v) is 7.63. The molecule has 2 aromatic carbocycles. The summed E-state index contributed by atoms with van der Waals surface area (Å²) in [5.41, 5.74) is 2.26. The van der Waals surface area contributed by atoms with Gasteiger partial charge in [0, 0.05) is 49.9 Å². The molecule has 0 radical (unpaired) electrons. The number of anilines is 3. The second-order valence-corrected chi connectivity index (χ2v) is 12.3. The van der Waals surface area contributed by atoms with Gasteiger partial charge in [-0.3, -0.25) is 14.4 Å². The quantitative estimate of drug-likeness (QED) is 0.113. The standard InChI is InChI=1S/C32H40ClN7O5S/c1-18(2)34-13-14-40(19(3)4)23-11-12-26(36-20(5)41)24(16-23)29(42)38-27(31(44)45)15-21-7-9-22(10-8-21)37-30(43)28-25(33)17-35-32(39-28)46-6/h7-12,16-19,27,34H,13-15H2,1-6H3,(H,36,41)(H,37,43)(H,38,42)(H,44,45)/t27-/m0/s1. The van der Waals surface area contributed by atoms with Crippen LogP contribution in [-0.2, 0) is 16.0 Å². The lowest BCUT2D eigenvalue weighted by atomic mass is 10.0. The summed E-state index contributed by atoms with van der Waals surface area (Å²) in [4.78, 5) is 60.8. The monoisotopic (exact) mass is 669 g/mol. The topological polar surface area (TPSA) is 166 Å². The highest BCUT2D eigenvalue weighted by molar-refractivity contribution is 7.98. The molecule has 0 saturated heterocycles. The summed E-state index contributed by atoms with van der Waals surface area (Å²) in [5, 5.41) is 21.9. The normalized spacial score (nSPS) is 11.7. The van der Waals surface area contributed by atoms with Crippen LogP contribution in [0.2, 0.25) is 5.02 Å². The molecule has 246 valence electrons. The van der Waals surface area contributed by atoms with Crippen molar-refractivity contribution < 1.29 is 24.3 Å². The second kappa shape index (κ2) is 16.9. The van der Waals surface area contributed by atoms with Crippen LogP contribution in [0, 0.1) is 0 Å². The minimum absolute atomic E-state index is 0.0295. The molecule has 3 amide bonds. The van der Waals surface area contributed by atoms with Crippen LogP contribution >= 0.6 is 23.4 Å². The van der Waals surface area contributed by atoms with E-state index >= 15 is 0 Å². The summed E-state index contributed by atoms with van der Waals surface area (Å²) >= 11 is 7.38. The van der Waals surface area contributed by atoms with E-state index in [0.29, 0.717) is 29.0 Å². The highest BCUT2D eigenvalue weighted by Crippen LogP contribution is 2.26. The Morgan fingerprint density at radius 3 is 2.28 bits per heavy atom. The highest BCUT2D eigenvalue weighted by Gasteiger charge is 2.24. The Kier molecular flexibility index (Phi) is 13.3. The summed E-state index contributed by atoms with van der Waals surface area (Å²) in [6, 6.07) is 10.8. The predicted molar refractivity (Wildman–Crippen MR) is 182 cm³/mol. The largest absolute Gasteiger partial charge is 0.480 e. The Labute approximate surface area is 278 Å². The zero-order valence-corrected chi connectivity index (χ0v) is 28.3. The van der Waals surface area contributed by atoms with E-state index in [1.54, 1.807) is 42.7 Å². The third-order valence-electron chi connectivity index (χ3n) is 6.79. The number of carbonyl (C=O) groups is 4. The van der Waals surface area contributed by atoms with Gasteiger partial charge in [0.25, 0.3) is 11.8 Å². The predicted octanol–water partition coefficient (Wildman–Crippen LogP) is 4.70. The molecule has 12 nitrogen and oxygen atoms in total. The number of amides is 3. The van der Waals surface area contributed by atoms with Crippen LogP contribution in [0.1, 0.15) is 61.0 Å². The Morgan fingerprint density at radius 1 is 1.00 bits per heavy atom. The van der Waals surface area contributed by atoms with Crippen LogP contribution in [0.5, 0.6) is 0 Å². The molecule has 0 bridgehead atoms. The van der Waals surface area contributed by atoms with Crippen molar-refractivity contribution in [2.24, 2.45) is 0 Å². The van der Waals surface area contributed by atoms with Crippen molar-refractivity contribution in [2.45, 2.75) is 64.3 Å². The van der Waals surface area contributed by atoms with Crippen LogP contribution in [0.4, 0.5) is 17.1 Å². The zero-order chi connectivity index (χ0) is 34.0. The first-order chi connectivity index (χ1) is 21.8. The SMILES string of the molecule is CSc1ncc(Cl)c(C(=O)Nc2ccc(C[C@H](NC(=O)c3cc(N(CCNC(C)C)C(C)C)ccc3NC(C)=O)C(=O)O)cc2)n1. The summed E-state index contributed by atoms with van der Waals surface area (Å²) in [5.74, 6) is -2.75. The van der Waals surface area contributed by atoms with E-state index in [4.69, 9.17) is 11.6 Å². The van der Waals surface area contributed by atoms with Crippen LogP contribution in [0.3, 0.4) is 0 Å². The lowest BCUT2D eigenvalue weighted by molar-refractivity contribution is -0.139. The molecule has 1 heterocycles. The van der Waals surface area contributed by atoms with E-state index in [1.165, 1.54) is 24.9 Å². The van der Waals surface area contributed by atoms with Crippen molar-refractivity contribution in [2.75, 3.05) is 34.9 Å². The molecule has 0 aliphatic carbocycles. The summed E-state index contributed by atoms with van der Waals surface area (Å²) in [6.45, 7) is 10.9. The number of thioether (sulfide) groups is 1. The first-order valence-corrected chi connectivity index (χ1v) is 16.3. The number of carboxylic acid groups (broad SMARTS) is 1. The average molecular weight is 670 g/mol. The molecule has 46 heavy (non-hydrogen) atoms. The zero-order valence-electron chi connectivity index (χ0n) is 26.7. The molecule has 0 spiro atoms. The fourth-order valence-corrected chi connectivity index (χ4v) is 5.07. The maximum atomic E-state index is 13.6. The van der Waals surface area contributed by atoms with Gasteiger partial charge in [0.15, 0.2) is 10.9 Å². The minimum Gasteiger partial charge on any atom is -0.480 e. The molecule has 3 aromatic rings. The smallest absolute Gasteiger partial charge is 0.326 e. The van der Waals surface area contributed by atoms with E-state index in [2.05, 4.69) is 50.0 Å². The number of aliphatic carboxylic acids is 1. The molecule has 0 fully saturated rings. The fraction of sp³-hybridized carbons (Fsp3) is 0.375. The van der Waals surface area contributed by atoms with E-state index in [0.717, 1.165) is 12.2 Å². The second-order valence-electron chi connectivity index (χ2n) is 11.1. The van der Waals surface area contributed by atoms with Crippen molar-refractivity contribution >= 4 is 64.1 Å². The number of carboxylic acids is 1. The first-order valence-electron chi connectivity index (χ1n) is 14.7. The molecule has 1 aromatic heterocycles. The molecule has 0 aliphatic heterocycles. The fourth-order valence-electron chi connectivity index (χ4n) is 4.55. The Morgan fingerprint density at radius 2 is 1.70 bits per heavy atom. The summed E-state index contributed by atoms with van der Waals surface area (Å²) < 4.78 is 0. The number of hydrogen-bond acceptors (Lipinski definition) is 9. The maximum Gasteiger partial charge on any atom is 0.326 e. The lowest BCUT2D eigenvalue weighted by Gasteiger charge is -2.30. The van der Waals surface area contributed by atoms with Gasteiger partial charge < -0.3 is 31.3 Å². The van der Waals surface area contributed by atoms with Gasteiger partial charge in [-0.25, -0.2) is 14.8 Å². The number of nitrogens with zero attached hydrogens (tertiary/aromatic N) is 3. The van der Waals surface area contributed by atoms with E-state index < -0.39 is 23.8 Å². The van der Waals surface area contributed by atoms with Crippen LogP contribution < -0.4 is 26.2 Å². The molecule has 0 saturated carbocycles. The number of carbonyl (C=O) groups excluding carboxylic acids is 3. The first kappa shape index (κ1) is 36.3. The number of halogens is 1. The number of benzene rings is 2. The summed E-state index contributed by atoms with van der Waals surface area (Å²) in [7, 11) is 0. The Balaban J connectivity index is 1.78. The van der Waals surface area contributed by atoms with Gasteiger partial charge in [0.05, 0.1) is 22.5 Å². The maximum absolute atomic E-state index is 13.6. The lowest BCUT2D eigenvalue weighted by Crippen LogP contribution is -2.43. The van der Waals surface area contributed by atoms with Gasteiger partial charge in [0.1, 0.15) is 6.04 Å². The van der Waals surface area contributed by atoms with Crippen molar-refractivity contribution in [1.82, 2.24) is 20.6 Å². The highest BCUT2D eigenvalue weighted by atomic mass is 35.5. The van der Waals surface area contributed by atoms with Gasteiger partial charge in [-0.15, -0.1) is 0 Å². The molecular weight excluding hydrogens is 630 g/mol. The molecule has 3 rings (SSSR count). The molecule has 14 heteroatoms. The third kappa shape index (κ3) is 10.4. The van der Waals surface area contributed by atoms with Gasteiger partial charge in [-0.2, -0.15) is 0 Å². The number of hydrogen-bond donors (Lipinski definition) is 5. The molecule has 5 N–H and O–H groups in total. The van der Waals surface area contributed by atoms with Crippen molar-refractivity contribution in [3.8, 4) is 0 Å². The Bertz CT molecular complexity index is 1550. The van der Waals surface area contributed by atoms with Crippen molar-refractivity contribution in [3.05, 3.63) is 70.5 Å². The molecule has 0 unspecified atom stereocenters. The minimum atomic E-state index is -1.27. The van der Waals surface area contributed by atoms with E-state index in [-0.39, 0.29) is 40.3 Å². The molecular formula is C32H40ClN7O5S. The number of nitrogens with one attached hydrogen (secondary N) is 4. The molecule has 1 atom stereocenters. The van der Waals surface area contributed by atoms with Crippen LogP contribution in [0.15, 0.2) is 53.8 Å². The van der Waals surface area contributed by atoms with Gasteiger partial charge >= 0.3 is 5.97 Å². The number of rotatable bonds is 15. The van der Waals surface area contributed by atoms with Gasteiger partial charge in [-0.1, -0.05) is 49.3 Å². The van der Waals surface area contributed by atoms with E-state index in [9.17, 15) is 24.3 Å². The molecule has 0 aliphatic rings. The van der Waals surface area contributed by atoms with E-state index in [1.807, 2.05) is 19.9 Å². The number of aromatic nitrogens is 2. The Hall–Kier alpha value is -4.20. The van der Waals surface area contributed by atoms with Crippen LogP contribution in [0.25, 0.3) is 0 Å². The van der Waals surface area contributed by atoms with Crippen molar-refractivity contribution in [1.29, 1.82) is 0 Å².